The van der Waals surface area contributed by atoms with Crippen LogP contribution in [0.4, 0.5) is 0 Å². The molecule has 3 rings (SSSR count). The molecule has 0 unspecified atom stereocenters. The van der Waals surface area contributed by atoms with Crippen molar-refractivity contribution < 1.29 is 14.3 Å². The van der Waals surface area contributed by atoms with Gasteiger partial charge in [-0.2, -0.15) is 0 Å². The Labute approximate surface area is 137 Å². The molecule has 4 nitrogen and oxygen atoms in total. The molecule has 2 fully saturated rings. The van der Waals surface area contributed by atoms with Crippen molar-refractivity contribution >= 4 is 11.9 Å². The Bertz CT molecular complexity index is 543. The maximum atomic E-state index is 12.1. The van der Waals surface area contributed by atoms with Crippen molar-refractivity contribution in [2.24, 2.45) is 5.92 Å². The highest BCUT2D eigenvalue weighted by molar-refractivity contribution is 5.78. The highest BCUT2D eigenvalue weighted by atomic mass is 16.5. The van der Waals surface area contributed by atoms with Crippen LogP contribution in [0.3, 0.4) is 0 Å². The third kappa shape index (κ3) is 4.34. The quantitative estimate of drug-likeness (QED) is 0.783. The standard InChI is InChI=1S/C19H25NO3/c21-18-10-5-11-20(18)17-9-4-8-16(12-17)13-19(22)23-14-15-6-2-1-3-7-15/h1-3,6-7,16-17H,4-5,8-14H2/t16-,17+/m0/s1. The Kier molecular flexibility index (Phi) is 5.31. The molecule has 124 valence electrons. The third-order valence-electron chi connectivity index (χ3n) is 5.00. The number of hydrogen-bond acceptors (Lipinski definition) is 3. The minimum Gasteiger partial charge on any atom is -0.461 e. The molecule has 4 heteroatoms. The zero-order valence-electron chi connectivity index (χ0n) is 13.6. The summed E-state index contributed by atoms with van der Waals surface area (Å²) in [6, 6.07) is 10.1. The van der Waals surface area contributed by atoms with E-state index in [4.69, 9.17) is 4.74 Å². The van der Waals surface area contributed by atoms with Gasteiger partial charge in [-0.3, -0.25) is 9.59 Å². The summed E-state index contributed by atoms with van der Waals surface area (Å²) in [7, 11) is 0. The van der Waals surface area contributed by atoms with Crippen LogP contribution in [0.25, 0.3) is 0 Å². The summed E-state index contributed by atoms with van der Waals surface area (Å²) in [6.45, 7) is 1.25. The molecule has 2 aliphatic rings. The molecule has 1 aliphatic carbocycles. The van der Waals surface area contributed by atoms with E-state index in [1.807, 2.05) is 35.2 Å². The largest absolute Gasteiger partial charge is 0.461 e. The number of rotatable bonds is 5. The van der Waals surface area contributed by atoms with Crippen LogP contribution in [0.2, 0.25) is 0 Å². The lowest BCUT2D eigenvalue weighted by Gasteiger charge is -2.35. The molecular formula is C19H25NO3. The molecule has 1 amide bonds. The second-order valence-corrected chi connectivity index (χ2v) is 6.73. The zero-order chi connectivity index (χ0) is 16.1. The van der Waals surface area contributed by atoms with E-state index in [1.54, 1.807) is 0 Å². The number of esters is 1. The van der Waals surface area contributed by atoms with Crippen molar-refractivity contribution in [3.8, 4) is 0 Å². The van der Waals surface area contributed by atoms with Gasteiger partial charge >= 0.3 is 5.97 Å². The van der Waals surface area contributed by atoms with Crippen LogP contribution in [0.5, 0.6) is 0 Å². The number of nitrogens with zero attached hydrogens (tertiary/aromatic N) is 1. The van der Waals surface area contributed by atoms with Crippen molar-refractivity contribution in [1.82, 2.24) is 4.90 Å². The molecule has 2 atom stereocenters. The van der Waals surface area contributed by atoms with E-state index in [0.717, 1.165) is 44.2 Å². The molecule has 1 heterocycles. The summed E-state index contributed by atoms with van der Waals surface area (Å²) >= 11 is 0. The van der Waals surface area contributed by atoms with Gasteiger partial charge in [-0.05, 0) is 37.2 Å². The zero-order valence-corrected chi connectivity index (χ0v) is 13.6. The van der Waals surface area contributed by atoms with E-state index in [-0.39, 0.29) is 5.97 Å². The Hall–Kier alpha value is -1.84. The number of carbonyl (C=O) groups excluding carboxylic acids is 2. The van der Waals surface area contributed by atoms with E-state index >= 15 is 0 Å². The number of benzene rings is 1. The maximum absolute atomic E-state index is 12.1. The van der Waals surface area contributed by atoms with E-state index in [9.17, 15) is 9.59 Å². The fraction of sp³-hybridized carbons (Fsp3) is 0.579. The molecule has 1 aromatic carbocycles. The molecule has 0 aromatic heterocycles. The Morgan fingerprint density at radius 3 is 2.74 bits per heavy atom. The number of amides is 1. The summed E-state index contributed by atoms with van der Waals surface area (Å²) in [4.78, 5) is 26.0. The predicted molar refractivity (Wildman–Crippen MR) is 87.5 cm³/mol. The van der Waals surface area contributed by atoms with E-state index in [2.05, 4.69) is 0 Å². The van der Waals surface area contributed by atoms with Gasteiger partial charge in [-0.15, -0.1) is 0 Å². The summed E-state index contributed by atoms with van der Waals surface area (Å²) in [5.41, 5.74) is 1.02. The average molecular weight is 315 g/mol. The Morgan fingerprint density at radius 1 is 1.17 bits per heavy atom. The molecule has 23 heavy (non-hydrogen) atoms. The first-order chi connectivity index (χ1) is 11.2. The Morgan fingerprint density at radius 2 is 2.00 bits per heavy atom. The van der Waals surface area contributed by atoms with Gasteiger partial charge in [0, 0.05) is 25.4 Å². The van der Waals surface area contributed by atoms with Gasteiger partial charge < -0.3 is 9.64 Å². The maximum Gasteiger partial charge on any atom is 0.306 e. The summed E-state index contributed by atoms with van der Waals surface area (Å²) < 4.78 is 5.39. The van der Waals surface area contributed by atoms with Crippen molar-refractivity contribution in [2.75, 3.05) is 6.54 Å². The van der Waals surface area contributed by atoms with Crippen molar-refractivity contribution in [2.45, 2.75) is 57.6 Å². The van der Waals surface area contributed by atoms with Gasteiger partial charge in [-0.25, -0.2) is 0 Å². The lowest BCUT2D eigenvalue weighted by atomic mass is 9.83. The molecule has 0 spiro atoms. The highest BCUT2D eigenvalue weighted by Crippen LogP contribution is 2.32. The normalized spacial score (nSPS) is 24.7. The van der Waals surface area contributed by atoms with Crippen LogP contribution < -0.4 is 0 Å². The monoisotopic (exact) mass is 315 g/mol. The first-order valence-electron chi connectivity index (χ1n) is 8.71. The SMILES string of the molecule is O=C(C[C@H]1CCC[C@@H](N2CCCC2=O)C1)OCc1ccccc1. The summed E-state index contributed by atoms with van der Waals surface area (Å²) in [6.07, 6.45) is 6.36. The lowest BCUT2D eigenvalue weighted by Crippen LogP contribution is -2.39. The first-order valence-corrected chi connectivity index (χ1v) is 8.71. The van der Waals surface area contributed by atoms with Crippen LogP contribution >= 0.6 is 0 Å². The topological polar surface area (TPSA) is 46.6 Å². The number of hydrogen-bond donors (Lipinski definition) is 0. The summed E-state index contributed by atoms with van der Waals surface area (Å²) in [5, 5.41) is 0. The molecule has 1 aromatic rings. The van der Waals surface area contributed by atoms with Gasteiger partial charge in [0.05, 0.1) is 0 Å². The van der Waals surface area contributed by atoms with Crippen molar-refractivity contribution in [3.63, 3.8) is 0 Å². The molecular weight excluding hydrogens is 290 g/mol. The van der Waals surface area contributed by atoms with Crippen LogP contribution in [0.1, 0.15) is 50.5 Å². The van der Waals surface area contributed by atoms with E-state index < -0.39 is 0 Å². The molecule has 1 saturated carbocycles. The summed E-state index contributed by atoms with van der Waals surface area (Å²) in [5.74, 6) is 0.528. The fourth-order valence-corrected chi connectivity index (χ4v) is 3.82. The molecule has 1 saturated heterocycles. The van der Waals surface area contributed by atoms with Gasteiger partial charge in [-0.1, -0.05) is 36.8 Å². The molecule has 0 radical (unpaired) electrons. The molecule has 0 bridgehead atoms. The van der Waals surface area contributed by atoms with E-state index in [1.165, 1.54) is 0 Å². The second kappa shape index (κ2) is 7.62. The number of ether oxygens (including phenoxy) is 1. The fourth-order valence-electron chi connectivity index (χ4n) is 3.82. The molecule has 0 N–H and O–H groups in total. The van der Waals surface area contributed by atoms with Crippen molar-refractivity contribution in [1.29, 1.82) is 0 Å². The highest BCUT2D eigenvalue weighted by Gasteiger charge is 2.32. The first kappa shape index (κ1) is 16.0. The molecule has 1 aliphatic heterocycles. The average Bonchev–Trinajstić information content (AvgIpc) is 3.00. The van der Waals surface area contributed by atoms with Crippen LogP contribution in [-0.4, -0.2) is 29.4 Å². The number of likely N-dealkylation sites (tertiary alicyclic amines) is 1. The van der Waals surface area contributed by atoms with Gasteiger partial charge in [0.1, 0.15) is 6.61 Å². The second-order valence-electron chi connectivity index (χ2n) is 6.73. The van der Waals surface area contributed by atoms with Crippen LogP contribution in [0.15, 0.2) is 30.3 Å². The van der Waals surface area contributed by atoms with Gasteiger partial charge in [0.25, 0.3) is 0 Å². The third-order valence-corrected chi connectivity index (χ3v) is 5.00. The van der Waals surface area contributed by atoms with Gasteiger partial charge in [0.15, 0.2) is 0 Å². The predicted octanol–water partition coefficient (Wildman–Crippen LogP) is 3.30. The van der Waals surface area contributed by atoms with Crippen molar-refractivity contribution in [3.05, 3.63) is 35.9 Å². The van der Waals surface area contributed by atoms with Crippen LogP contribution in [0, 0.1) is 5.92 Å². The number of carbonyl (C=O) groups is 2. The minimum absolute atomic E-state index is 0.118. The van der Waals surface area contributed by atoms with Gasteiger partial charge in [0.2, 0.25) is 5.91 Å². The van der Waals surface area contributed by atoms with E-state index in [0.29, 0.717) is 37.3 Å². The lowest BCUT2D eigenvalue weighted by molar-refractivity contribution is -0.146. The smallest absolute Gasteiger partial charge is 0.306 e. The Balaban J connectivity index is 1.45. The van der Waals surface area contributed by atoms with Crippen LogP contribution in [-0.2, 0) is 20.9 Å². The minimum atomic E-state index is -0.118.